The normalized spacial score (nSPS) is 15.0. The molecule has 1 amide bonds. The molecule has 1 unspecified atom stereocenters. The van der Waals surface area contributed by atoms with Crippen molar-refractivity contribution in [3.05, 3.63) is 42.4 Å². The molecular formula is C17H22N4O3S. The Hall–Kier alpha value is -2.35. The Morgan fingerprint density at radius 2 is 2.12 bits per heavy atom. The fraction of sp³-hybridized carbons (Fsp3) is 0.412. The quantitative estimate of drug-likeness (QED) is 0.845. The van der Waals surface area contributed by atoms with Crippen LogP contribution < -0.4 is 9.62 Å². The Morgan fingerprint density at radius 3 is 2.88 bits per heavy atom. The van der Waals surface area contributed by atoms with Gasteiger partial charge in [0.15, 0.2) is 5.03 Å². The van der Waals surface area contributed by atoms with E-state index in [0.717, 1.165) is 12.0 Å². The van der Waals surface area contributed by atoms with E-state index in [1.807, 2.05) is 32.0 Å². The van der Waals surface area contributed by atoms with Crippen LogP contribution in [0.25, 0.3) is 0 Å². The second-order valence-corrected chi connectivity index (χ2v) is 8.03. The number of carbonyl (C=O) groups excluding carboxylic acids is 1. The molecule has 2 aromatic rings. The van der Waals surface area contributed by atoms with Crippen molar-refractivity contribution in [3.63, 3.8) is 0 Å². The molecule has 1 aliphatic rings. The van der Waals surface area contributed by atoms with Crippen LogP contribution in [0.1, 0.15) is 25.8 Å². The van der Waals surface area contributed by atoms with Crippen molar-refractivity contribution < 1.29 is 13.2 Å². The van der Waals surface area contributed by atoms with Crippen LogP contribution in [0.3, 0.4) is 0 Å². The summed E-state index contributed by atoms with van der Waals surface area (Å²) in [5.74, 6) is -0.165. The van der Waals surface area contributed by atoms with Gasteiger partial charge in [0.1, 0.15) is 6.54 Å². The van der Waals surface area contributed by atoms with Crippen LogP contribution in [0.15, 0.2) is 41.8 Å². The minimum atomic E-state index is -3.73. The lowest BCUT2D eigenvalue weighted by atomic mass is 10.2. The molecule has 0 saturated carbocycles. The fourth-order valence-electron chi connectivity index (χ4n) is 2.82. The second kappa shape index (κ2) is 6.87. The third-order valence-corrected chi connectivity index (χ3v) is 6.05. The maximum atomic E-state index is 12.9. The van der Waals surface area contributed by atoms with Gasteiger partial charge in [-0.3, -0.25) is 9.10 Å². The average molecular weight is 362 g/mol. The number of benzene rings is 1. The van der Waals surface area contributed by atoms with Crippen molar-refractivity contribution >= 4 is 21.6 Å². The summed E-state index contributed by atoms with van der Waals surface area (Å²) in [5, 5.41) is 2.81. The zero-order valence-electron chi connectivity index (χ0n) is 14.3. The highest BCUT2D eigenvalue weighted by Gasteiger charge is 2.32. The fourth-order valence-corrected chi connectivity index (χ4v) is 4.26. The van der Waals surface area contributed by atoms with Gasteiger partial charge < -0.3 is 9.88 Å². The molecule has 0 radical (unpaired) electrons. The standard InChI is InChI=1S/C17H22N4O3S/c1-3-13(2)19-16(22)10-20-11-17(18-12-20)25(23,24)21-9-8-14-6-4-5-7-15(14)21/h4-7,11-13H,3,8-10H2,1-2H3,(H,19,22). The Labute approximate surface area is 147 Å². The Morgan fingerprint density at radius 1 is 1.36 bits per heavy atom. The SMILES string of the molecule is CCC(C)NC(=O)Cn1cnc(S(=O)(=O)N2CCc3ccccc32)c1. The Bertz CT molecular complexity index is 876. The average Bonchev–Trinajstić information content (AvgIpc) is 3.21. The molecule has 1 atom stereocenters. The van der Waals surface area contributed by atoms with Crippen LogP contribution in [-0.2, 0) is 27.8 Å². The minimum Gasteiger partial charge on any atom is -0.352 e. The van der Waals surface area contributed by atoms with Crippen molar-refractivity contribution in [1.29, 1.82) is 0 Å². The summed E-state index contributed by atoms with van der Waals surface area (Å²) in [7, 11) is -3.73. The van der Waals surface area contributed by atoms with Crippen molar-refractivity contribution in [2.45, 2.75) is 44.3 Å². The molecular weight excluding hydrogens is 340 g/mol. The number of nitrogens with one attached hydrogen (secondary N) is 1. The van der Waals surface area contributed by atoms with E-state index < -0.39 is 10.0 Å². The molecule has 8 heteroatoms. The van der Waals surface area contributed by atoms with Gasteiger partial charge in [-0.15, -0.1) is 0 Å². The molecule has 1 aromatic heterocycles. The topological polar surface area (TPSA) is 84.3 Å². The van der Waals surface area contributed by atoms with Gasteiger partial charge in [-0.2, -0.15) is 8.42 Å². The van der Waals surface area contributed by atoms with Gasteiger partial charge in [0.2, 0.25) is 5.91 Å². The molecule has 1 aromatic carbocycles. The number of carbonyl (C=O) groups is 1. The van der Waals surface area contributed by atoms with Crippen molar-refractivity contribution in [2.75, 3.05) is 10.8 Å². The van der Waals surface area contributed by atoms with Crippen molar-refractivity contribution in [2.24, 2.45) is 0 Å². The summed E-state index contributed by atoms with van der Waals surface area (Å²) < 4.78 is 28.6. The van der Waals surface area contributed by atoms with Gasteiger partial charge in [0.05, 0.1) is 12.0 Å². The molecule has 0 fully saturated rings. The lowest BCUT2D eigenvalue weighted by Gasteiger charge is -2.17. The van der Waals surface area contributed by atoms with E-state index in [-0.39, 0.29) is 23.5 Å². The summed E-state index contributed by atoms with van der Waals surface area (Å²) in [6.07, 6.45) is 4.31. The number of fused-ring (bicyclic) bond motifs is 1. The van der Waals surface area contributed by atoms with Crippen LogP contribution in [0.5, 0.6) is 0 Å². The maximum absolute atomic E-state index is 12.9. The minimum absolute atomic E-state index is 0.0412. The van der Waals surface area contributed by atoms with Crippen LogP contribution in [0.2, 0.25) is 0 Å². The molecule has 0 bridgehead atoms. The molecule has 1 N–H and O–H groups in total. The van der Waals surface area contributed by atoms with E-state index in [9.17, 15) is 13.2 Å². The van der Waals surface area contributed by atoms with Crippen LogP contribution in [0, 0.1) is 0 Å². The van der Waals surface area contributed by atoms with Gasteiger partial charge in [-0.1, -0.05) is 25.1 Å². The highest BCUT2D eigenvalue weighted by Crippen LogP contribution is 2.32. The lowest BCUT2D eigenvalue weighted by molar-refractivity contribution is -0.122. The summed E-state index contributed by atoms with van der Waals surface area (Å²) in [6.45, 7) is 4.36. The van der Waals surface area contributed by atoms with Gasteiger partial charge in [-0.25, -0.2) is 4.98 Å². The molecule has 25 heavy (non-hydrogen) atoms. The Balaban J connectivity index is 1.77. The van der Waals surface area contributed by atoms with E-state index in [1.165, 1.54) is 21.4 Å². The zero-order chi connectivity index (χ0) is 18.0. The van der Waals surface area contributed by atoms with E-state index in [4.69, 9.17) is 0 Å². The van der Waals surface area contributed by atoms with Gasteiger partial charge in [0.25, 0.3) is 10.0 Å². The molecule has 0 saturated heterocycles. The monoisotopic (exact) mass is 362 g/mol. The predicted octanol–water partition coefficient (Wildman–Crippen LogP) is 1.55. The predicted molar refractivity (Wildman–Crippen MR) is 94.8 cm³/mol. The molecule has 7 nitrogen and oxygen atoms in total. The van der Waals surface area contributed by atoms with E-state index in [1.54, 1.807) is 6.07 Å². The van der Waals surface area contributed by atoms with E-state index in [2.05, 4.69) is 10.3 Å². The third kappa shape index (κ3) is 3.53. The number of hydrogen-bond acceptors (Lipinski definition) is 4. The molecule has 134 valence electrons. The van der Waals surface area contributed by atoms with Crippen LogP contribution in [0.4, 0.5) is 5.69 Å². The highest BCUT2D eigenvalue weighted by atomic mass is 32.2. The van der Waals surface area contributed by atoms with Crippen LogP contribution in [-0.4, -0.2) is 36.5 Å². The third-order valence-electron chi connectivity index (χ3n) is 4.35. The number of para-hydroxylation sites is 1. The first-order chi connectivity index (χ1) is 11.9. The first-order valence-electron chi connectivity index (χ1n) is 8.33. The van der Waals surface area contributed by atoms with E-state index in [0.29, 0.717) is 18.7 Å². The Kier molecular flexibility index (Phi) is 4.80. The number of rotatable bonds is 6. The number of sulfonamides is 1. The summed E-state index contributed by atoms with van der Waals surface area (Å²) in [4.78, 5) is 16.0. The maximum Gasteiger partial charge on any atom is 0.283 e. The van der Waals surface area contributed by atoms with Gasteiger partial charge in [0, 0.05) is 18.8 Å². The number of hydrogen-bond donors (Lipinski definition) is 1. The largest absolute Gasteiger partial charge is 0.352 e. The number of imidazole rings is 1. The number of anilines is 1. The molecule has 0 aliphatic carbocycles. The highest BCUT2D eigenvalue weighted by molar-refractivity contribution is 7.92. The molecule has 2 heterocycles. The van der Waals surface area contributed by atoms with Crippen LogP contribution >= 0.6 is 0 Å². The van der Waals surface area contributed by atoms with Crippen molar-refractivity contribution in [1.82, 2.24) is 14.9 Å². The van der Waals surface area contributed by atoms with Gasteiger partial charge in [-0.05, 0) is 31.4 Å². The number of amides is 1. The van der Waals surface area contributed by atoms with Gasteiger partial charge >= 0.3 is 0 Å². The summed E-state index contributed by atoms with van der Waals surface area (Å²) >= 11 is 0. The smallest absolute Gasteiger partial charge is 0.283 e. The van der Waals surface area contributed by atoms with Crippen molar-refractivity contribution in [3.8, 4) is 0 Å². The number of nitrogens with zero attached hydrogens (tertiary/aromatic N) is 3. The summed E-state index contributed by atoms with van der Waals surface area (Å²) in [5.41, 5.74) is 1.71. The van der Waals surface area contributed by atoms with E-state index >= 15 is 0 Å². The second-order valence-electron chi connectivity index (χ2n) is 6.22. The first kappa shape index (κ1) is 17.5. The molecule has 0 spiro atoms. The molecule has 3 rings (SSSR count). The first-order valence-corrected chi connectivity index (χ1v) is 9.77. The summed E-state index contributed by atoms with van der Waals surface area (Å²) in [6, 6.07) is 7.55. The number of aromatic nitrogens is 2. The lowest BCUT2D eigenvalue weighted by Crippen LogP contribution is -2.34. The zero-order valence-corrected chi connectivity index (χ0v) is 15.2. The molecule has 1 aliphatic heterocycles.